The minimum absolute atomic E-state index is 0.0902. The van der Waals surface area contributed by atoms with Gasteiger partial charge in [-0.05, 0) is 67.2 Å². The number of benzene rings is 2. The fraction of sp³-hybridized carbons (Fsp3) is 0.208. The summed E-state index contributed by atoms with van der Waals surface area (Å²) >= 11 is 5.20. The highest BCUT2D eigenvalue weighted by molar-refractivity contribution is 7.80. The first kappa shape index (κ1) is 21.6. The Bertz CT molecular complexity index is 1100. The van der Waals surface area contributed by atoms with Crippen molar-refractivity contribution in [2.75, 3.05) is 36.4 Å². The molecule has 0 aliphatic carbocycles. The van der Waals surface area contributed by atoms with Crippen LogP contribution in [-0.4, -0.2) is 48.0 Å². The molecule has 1 aliphatic rings. The van der Waals surface area contributed by atoms with Gasteiger partial charge in [-0.25, -0.2) is 0 Å². The van der Waals surface area contributed by atoms with E-state index in [1.807, 2.05) is 60.4 Å². The maximum Gasteiger partial charge on any atom is 0.293 e. The minimum Gasteiger partial charge on any atom is -0.459 e. The smallest absolute Gasteiger partial charge is 0.293 e. The van der Waals surface area contributed by atoms with Crippen LogP contribution in [0.2, 0.25) is 0 Å². The van der Waals surface area contributed by atoms with E-state index in [0.29, 0.717) is 13.1 Å². The lowest BCUT2D eigenvalue weighted by atomic mass is 10.1. The third-order valence-corrected chi connectivity index (χ3v) is 5.61. The van der Waals surface area contributed by atoms with E-state index in [1.165, 1.54) is 6.26 Å². The second-order valence-electron chi connectivity index (χ2n) is 7.53. The Kier molecular flexibility index (Phi) is 6.51. The summed E-state index contributed by atoms with van der Waals surface area (Å²) in [6.07, 6.45) is 1.43. The summed E-state index contributed by atoms with van der Waals surface area (Å²) in [7, 11) is 0. The molecule has 0 bridgehead atoms. The maximum absolute atomic E-state index is 12.8. The fourth-order valence-corrected chi connectivity index (χ4v) is 3.85. The molecule has 2 heterocycles. The molecular formula is C24H24N4O3S. The van der Waals surface area contributed by atoms with Gasteiger partial charge in [-0.3, -0.25) is 14.9 Å². The standard InChI is InChI=1S/C24H24N4O3S/c1-17-5-2-3-6-20(17)23(30)28-14-12-27(13-15-28)19-10-8-18(9-11-19)25-24(32)26-22(29)21-7-4-16-31-21/h2-11,16H,12-15H2,1H3,(H2,25,26,29,32). The molecule has 0 radical (unpaired) electrons. The summed E-state index contributed by atoms with van der Waals surface area (Å²) in [6, 6.07) is 18.7. The molecule has 7 nitrogen and oxygen atoms in total. The molecule has 2 N–H and O–H groups in total. The summed E-state index contributed by atoms with van der Waals surface area (Å²) in [5.74, 6) is -0.112. The Labute approximate surface area is 192 Å². The van der Waals surface area contributed by atoms with Crippen molar-refractivity contribution in [1.82, 2.24) is 10.2 Å². The topological polar surface area (TPSA) is 77.8 Å². The third kappa shape index (κ3) is 4.97. The van der Waals surface area contributed by atoms with Crippen LogP contribution in [0.25, 0.3) is 0 Å². The SMILES string of the molecule is Cc1ccccc1C(=O)N1CCN(c2ccc(NC(=S)NC(=O)c3ccco3)cc2)CC1. The van der Waals surface area contributed by atoms with E-state index in [9.17, 15) is 9.59 Å². The largest absolute Gasteiger partial charge is 0.459 e. The van der Waals surface area contributed by atoms with Crippen molar-refractivity contribution >= 4 is 40.5 Å². The minimum atomic E-state index is -0.401. The molecule has 164 valence electrons. The fourth-order valence-electron chi connectivity index (χ4n) is 3.64. The summed E-state index contributed by atoms with van der Waals surface area (Å²) < 4.78 is 5.05. The van der Waals surface area contributed by atoms with Gasteiger partial charge >= 0.3 is 0 Å². The highest BCUT2D eigenvalue weighted by atomic mass is 32.1. The van der Waals surface area contributed by atoms with Crippen LogP contribution in [0.4, 0.5) is 11.4 Å². The Morgan fingerprint density at radius 3 is 2.31 bits per heavy atom. The number of rotatable bonds is 4. The average molecular weight is 449 g/mol. The van der Waals surface area contributed by atoms with E-state index in [2.05, 4.69) is 15.5 Å². The molecule has 1 fully saturated rings. The quantitative estimate of drug-likeness (QED) is 0.593. The molecule has 0 saturated carbocycles. The normalized spacial score (nSPS) is 13.5. The van der Waals surface area contributed by atoms with Crippen molar-refractivity contribution in [2.24, 2.45) is 0 Å². The zero-order chi connectivity index (χ0) is 22.5. The van der Waals surface area contributed by atoms with Crippen LogP contribution >= 0.6 is 12.2 Å². The lowest BCUT2D eigenvalue weighted by Gasteiger charge is -2.36. The van der Waals surface area contributed by atoms with Gasteiger partial charge in [-0.15, -0.1) is 0 Å². The number of hydrogen-bond donors (Lipinski definition) is 2. The highest BCUT2D eigenvalue weighted by Gasteiger charge is 2.23. The van der Waals surface area contributed by atoms with Gasteiger partial charge in [-0.2, -0.15) is 0 Å². The van der Waals surface area contributed by atoms with E-state index >= 15 is 0 Å². The molecule has 1 saturated heterocycles. The van der Waals surface area contributed by atoms with Crippen molar-refractivity contribution in [2.45, 2.75) is 6.92 Å². The summed E-state index contributed by atoms with van der Waals surface area (Å²) in [4.78, 5) is 29.0. The zero-order valence-electron chi connectivity index (χ0n) is 17.7. The van der Waals surface area contributed by atoms with E-state index < -0.39 is 5.91 Å². The van der Waals surface area contributed by atoms with Crippen LogP contribution < -0.4 is 15.5 Å². The van der Waals surface area contributed by atoms with E-state index in [4.69, 9.17) is 16.6 Å². The van der Waals surface area contributed by atoms with Crippen LogP contribution in [0.1, 0.15) is 26.5 Å². The highest BCUT2D eigenvalue weighted by Crippen LogP contribution is 2.21. The maximum atomic E-state index is 12.8. The molecule has 1 aromatic heterocycles. The first-order chi connectivity index (χ1) is 15.5. The van der Waals surface area contributed by atoms with Crippen LogP contribution in [0.5, 0.6) is 0 Å². The van der Waals surface area contributed by atoms with Crippen molar-refractivity contribution in [3.63, 3.8) is 0 Å². The van der Waals surface area contributed by atoms with Crippen molar-refractivity contribution < 1.29 is 14.0 Å². The van der Waals surface area contributed by atoms with Crippen LogP contribution in [0.3, 0.4) is 0 Å². The second-order valence-corrected chi connectivity index (χ2v) is 7.93. The van der Waals surface area contributed by atoms with Crippen LogP contribution in [-0.2, 0) is 0 Å². The number of nitrogens with zero attached hydrogens (tertiary/aromatic N) is 2. The van der Waals surface area contributed by atoms with Crippen molar-refractivity contribution in [1.29, 1.82) is 0 Å². The molecule has 2 aromatic carbocycles. The van der Waals surface area contributed by atoms with Gasteiger partial charge in [0.25, 0.3) is 11.8 Å². The zero-order valence-corrected chi connectivity index (χ0v) is 18.5. The number of aryl methyl sites for hydroxylation is 1. The molecule has 0 unspecified atom stereocenters. The summed E-state index contributed by atoms with van der Waals surface area (Å²) in [6.45, 7) is 4.85. The number of thiocarbonyl (C=S) groups is 1. The Hall–Kier alpha value is -3.65. The molecule has 32 heavy (non-hydrogen) atoms. The number of nitrogens with one attached hydrogen (secondary N) is 2. The monoisotopic (exact) mass is 448 g/mol. The molecule has 2 amide bonds. The predicted octanol–water partition coefficient (Wildman–Crippen LogP) is 3.68. The number of anilines is 2. The number of piperazine rings is 1. The number of amides is 2. The number of carbonyl (C=O) groups is 2. The first-order valence-electron chi connectivity index (χ1n) is 10.4. The van der Waals surface area contributed by atoms with Gasteiger partial charge in [0.05, 0.1) is 6.26 Å². The van der Waals surface area contributed by atoms with Crippen LogP contribution in [0, 0.1) is 6.92 Å². The number of hydrogen-bond acceptors (Lipinski definition) is 5. The molecule has 0 spiro atoms. The van der Waals surface area contributed by atoms with Crippen LogP contribution in [0.15, 0.2) is 71.3 Å². The molecule has 3 aromatic rings. The van der Waals surface area contributed by atoms with E-state index in [-0.39, 0.29) is 16.8 Å². The molecule has 4 rings (SSSR count). The number of furan rings is 1. The molecular weight excluding hydrogens is 424 g/mol. The molecule has 0 atom stereocenters. The van der Waals surface area contributed by atoms with E-state index in [0.717, 1.165) is 35.6 Å². The lowest BCUT2D eigenvalue weighted by molar-refractivity contribution is 0.0746. The van der Waals surface area contributed by atoms with E-state index in [1.54, 1.807) is 12.1 Å². The Morgan fingerprint density at radius 2 is 1.66 bits per heavy atom. The number of carbonyl (C=O) groups excluding carboxylic acids is 2. The third-order valence-electron chi connectivity index (χ3n) is 5.40. The Morgan fingerprint density at radius 1 is 0.938 bits per heavy atom. The van der Waals surface area contributed by atoms with Gasteiger partial charge in [0.1, 0.15) is 0 Å². The van der Waals surface area contributed by atoms with Crippen molar-refractivity contribution in [3.05, 3.63) is 83.8 Å². The van der Waals surface area contributed by atoms with Gasteiger partial charge in [0, 0.05) is 43.1 Å². The van der Waals surface area contributed by atoms with Crippen molar-refractivity contribution in [3.8, 4) is 0 Å². The predicted molar refractivity (Wildman–Crippen MR) is 128 cm³/mol. The molecule has 8 heteroatoms. The lowest BCUT2D eigenvalue weighted by Crippen LogP contribution is -2.48. The van der Waals surface area contributed by atoms with Gasteiger partial charge in [-0.1, -0.05) is 18.2 Å². The summed E-state index contributed by atoms with van der Waals surface area (Å²) in [5, 5.41) is 5.77. The van der Waals surface area contributed by atoms with Gasteiger partial charge in [0.2, 0.25) is 0 Å². The second kappa shape index (κ2) is 9.65. The Balaban J connectivity index is 1.29. The molecule has 1 aliphatic heterocycles. The first-order valence-corrected chi connectivity index (χ1v) is 10.8. The van der Waals surface area contributed by atoms with Gasteiger partial charge in [0.15, 0.2) is 10.9 Å². The average Bonchev–Trinajstić information content (AvgIpc) is 3.35. The summed E-state index contributed by atoms with van der Waals surface area (Å²) in [5.41, 5.74) is 3.61. The van der Waals surface area contributed by atoms with Gasteiger partial charge < -0.3 is 19.5 Å².